The molecular formula is C24H25N3O3. The maximum atomic E-state index is 13.5. The maximum Gasteiger partial charge on any atom is 0.238 e. The first kappa shape index (κ1) is 17.9. The third kappa shape index (κ3) is 3.06. The van der Waals surface area contributed by atoms with Crippen molar-refractivity contribution in [2.24, 2.45) is 23.2 Å². The zero-order valence-corrected chi connectivity index (χ0v) is 16.8. The number of amides is 1. The van der Waals surface area contributed by atoms with Crippen LogP contribution >= 0.6 is 0 Å². The van der Waals surface area contributed by atoms with Gasteiger partial charge in [-0.1, -0.05) is 23.4 Å². The van der Waals surface area contributed by atoms with Crippen molar-refractivity contribution in [1.29, 1.82) is 0 Å². The van der Waals surface area contributed by atoms with Crippen molar-refractivity contribution in [3.05, 3.63) is 54.1 Å². The quantitative estimate of drug-likeness (QED) is 0.643. The number of furan rings is 1. The van der Waals surface area contributed by atoms with E-state index in [-0.39, 0.29) is 11.3 Å². The van der Waals surface area contributed by atoms with Crippen molar-refractivity contribution in [3.8, 4) is 11.6 Å². The minimum atomic E-state index is -0.168. The average Bonchev–Trinajstić information content (AvgIpc) is 3.40. The molecule has 1 amide bonds. The van der Waals surface area contributed by atoms with Gasteiger partial charge < -0.3 is 14.3 Å². The molecule has 4 saturated carbocycles. The molecule has 7 rings (SSSR count). The number of anilines is 1. The number of nitrogens with zero attached hydrogens (tertiary/aromatic N) is 2. The number of carbonyl (C=O) groups excluding carboxylic acids is 1. The highest BCUT2D eigenvalue weighted by Gasteiger charge is 2.54. The predicted molar refractivity (Wildman–Crippen MR) is 110 cm³/mol. The highest BCUT2D eigenvalue weighted by Crippen LogP contribution is 2.60. The van der Waals surface area contributed by atoms with E-state index in [9.17, 15) is 4.79 Å². The third-order valence-electron chi connectivity index (χ3n) is 7.34. The second-order valence-electron chi connectivity index (χ2n) is 9.47. The van der Waals surface area contributed by atoms with Gasteiger partial charge in [0.2, 0.25) is 17.6 Å². The number of hydrogen-bond donors (Lipinski definition) is 1. The summed E-state index contributed by atoms with van der Waals surface area (Å²) >= 11 is 0. The fourth-order valence-electron chi connectivity index (χ4n) is 6.44. The van der Waals surface area contributed by atoms with Crippen molar-refractivity contribution in [3.63, 3.8) is 0 Å². The molecule has 6 nitrogen and oxygen atoms in total. The molecule has 4 aliphatic carbocycles. The van der Waals surface area contributed by atoms with E-state index in [0.29, 0.717) is 23.9 Å². The van der Waals surface area contributed by atoms with Gasteiger partial charge in [-0.2, -0.15) is 4.98 Å². The topological polar surface area (TPSA) is 81.2 Å². The van der Waals surface area contributed by atoms with Crippen LogP contribution in [0.3, 0.4) is 0 Å². The normalized spacial score (nSPS) is 29.3. The average molecular weight is 403 g/mol. The van der Waals surface area contributed by atoms with Gasteiger partial charge in [-0.25, -0.2) is 0 Å². The molecule has 0 unspecified atom stereocenters. The van der Waals surface area contributed by atoms with Crippen molar-refractivity contribution >= 4 is 11.6 Å². The van der Waals surface area contributed by atoms with Crippen LogP contribution in [-0.2, 0) is 11.2 Å². The Hall–Kier alpha value is -2.89. The second-order valence-corrected chi connectivity index (χ2v) is 9.47. The summed E-state index contributed by atoms with van der Waals surface area (Å²) in [6.45, 7) is 0. The van der Waals surface area contributed by atoms with E-state index in [2.05, 4.69) is 15.5 Å². The van der Waals surface area contributed by atoms with Crippen LogP contribution in [0.15, 0.2) is 51.6 Å². The number of para-hydroxylation sites is 1. The van der Waals surface area contributed by atoms with E-state index < -0.39 is 0 Å². The van der Waals surface area contributed by atoms with Crippen LogP contribution in [0.5, 0.6) is 0 Å². The van der Waals surface area contributed by atoms with Crippen LogP contribution in [0.4, 0.5) is 5.69 Å². The van der Waals surface area contributed by atoms with E-state index in [0.717, 1.165) is 48.3 Å². The Kier molecular flexibility index (Phi) is 4.08. The molecule has 1 aromatic carbocycles. The van der Waals surface area contributed by atoms with Crippen LogP contribution in [0, 0.1) is 23.2 Å². The van der Waals surface area contributed by atoms with Crippen molar-refractivity contribution in [2.45, 2.75) is 44.9 Å². The molecule has 3 aromatic rings. The zero-order valence-electron chi connectivity index (χ0n) is 16.8. The molecule has 0 spiro atoms. The summed E-state index contributed by atoms with van der Waals surface area (Å²) in [6.07, 6.45) is 9.22. The van der Waals surface area contributed by atoms with Gasteiger partial charge in [0.25, 0.3) is 0 Å². The van der Waals surface area contributed by atoms with Crippen LogP contribution in [-0.4, -0.2) is 16.0 Å². The van der Waals surface area contributed by atoms with Crippen molar-refractivity contribution in [1.82, 2.24) is 10.1 Å². The van der Waals surface area contributed by atoms with Crippen LogP contribution in [0.2, 0.25) is 0 Å². The van der Waals surface area contributed by atoms with E-state index >= 15 is 0 Å². The van der Waals surface area contributed by atoms with E-state index in [4.69, 9.17) is 8.94 Å². The monoisotopic (exact) mass is 403 g/mol. The first-order valence-corrected chi connectivity index (χ1v) is 10.9. The third-order valence-corrected chi connectivity index (χ3v) is 7.34. The molecule has 0 radical (unpaired) electrons. The van der Waals surface area contributed by atoms with Gasteiger partial charge in [-0.3, -0.25) is 4.79 Å². The first-order valence-electron chi connectivity index (χ1n) is 10.9. The van der Waals surface area contributed by atoms with Gasteiger partial charge in [0.1, 0.15) is 0 Å². The summed E-state index contributed by atoms with van der Waals surface area (Å²) in [7, 11) is 0. The number of rotatable bonds is 5. The number of benzene rings is 1. The lowest BCUT2D eigenvalue weighted by atomic mass is 9.49. The lowest BCUT2D eigenvalue weighted by Gasteiger charge is -2.55. The van der Waals surface area contributed by atoms with Gasteiger partial charge in [-0.05, 0) is 80.0 Å². The molecule has 154 valence electrons. The zero-order chi connectivity index (χ0) is 20.1. The van der Waals surface area contributed by atoms with E-state index in [1.165, 1.54) is 19.3 Å². The summed E-state index contributed by atoms with van der Waals surface area (Å²) in [5.41, 5.74) is 1.65. The Balaban J connectivity index is 1.22. The maximum absolute atomic E-state index is 13.5. The van der Waals surface area contributed by atoms with Gasteiger partial charge in [0, 0.05) is 5.69 Å². The predicted octanol–water partition coefficient (Wildman–Crippen LogP) is 5.08. The Morgan fingerprint density at radius 2 is 1.77 bits per heavy atom. The SMILES string of the molecule is O=C(Nc1ccccc1Cc1nc(-c2ccco2)no1)C12CC3CC(CC(C3)C1)C2. The molecule has 4 aliphatic rings. The van der Waals surface area contributed by atoms with Crippen LogP contribution in [0.25, 0.3) is 11.6 Å². The molecule has 0 aliphatic heterocycles. The Morgan fingerprint density at radius 3 is 2.47 bits per heavy atom. The summed E-state index contributed by atoms with van der Waals surface area (Å²) in [5, 5.41) is 7.28. The molecule has 0 saturated heterocycles. The molecule has 30 heavy (non-hydrogen) atoms. The smallest absolute Gasteiger partial charge is 0.238 e. The largest absolute Gasteiger partial charge is 0.461 e. The number of hydrogen-bond acceptors (Lipinski definition) is 5. The van der Waals surface area contributed by atoms with Gasteiger partial charge in [0.05, 0.1) is 18.1 Å². The highest BCUT2D eigenvalue weighted by atomic mass is 16.5. The van der Waals surface area contributed by atoms with E-state index in [1.54, 1.807) is 18.4 Å². The number of carbonyl (C=O) groups is 1. The van der Waals surface area contributed by atoms with Crippen molar-refractivity contribution < 1.29 is 13.7 Å². The summed E-state index contributed by atoms with van der Waals surface area (Å²) in [4.78, 5) is 17.9. The standard InChI is InChI=1S/C24H25N3O3/c28-23(24-12-15-8-16(13-24)10-17(9-15)14-24)25-19-5-2-1-4-18(19)11-21-26-22(27-30-21)20-6-3-7-29-20/h1-7,15-17H,8-14H2,(H,25,28). The minimum absolute atomic E-state index is 0.168. The Bertz CT molecular complexity index is 1030. The van der Waals surface area contributed by atoms with Crippen LogP contribution < -0.4 is 5.32 Å². The molecule has 2 heterocycles. The minimum Gasteiger partial charge on any atom is -0.461 e. The molecule has 1 N–H and O–H groups in total. The summed E-state index contributed by atoms with van der Waals surface area (Å²) < 4.78 is 10.8. The molecule has 2 aromatic heterocycles. The van der Waals surface area contributed by atoms with Gasteiger partial charge in [0.15, 0.2) is 5.76 Å². The fraction of sp³-hybridized carbons (Fsp3) is 0.458. The van der Waals surface area contributed by atoms with Crippen LogP contribution in [0.1, 0.15) is 50.0 Å². The molecular weight excluding hydrogens is 378 g/mol. The molecule has 6 heteroatoms. The lowest BCUT2D eigenvalue weighted by Crippen LogP contribution is -2.51. The fourth-order valence-corrected chi connectivity index (χ4v) is 6.44. The Labute approximate surface area is 175 Å². The second kappa shape index (κ2) is 6.83. The summed E-state index contributed by atoms with van der Waals surface area (Å²) in [5.74, 6) is 3.95. The Morgan fingerprint density at radius 1 is 1.03 bits per heavy atom. The van der Waals surface area contributed by atoms with E-state index in [1.807, 2.05) is 24.3 Å². The summed E-state index contributed by atoms with van der Waals surface area (Å²) in [6, 6.07) is 11.5. The number of nitrogens with one attached hydrogen (secondary N) is 1. The molecule has 0 atom stereocenters. The molecule has 4 fully saturated rings. The number of aromatic nitrogens is 2. The van der Waals surface area contributed by atoms with Gasteiger partial charge in [-0.15, -0.1) is 0 Å². The lowest BCUT2D eigenvalue weighted by molar-refractivity contribution is -0.140. The van der Waals surface area contributed by atoms with Crippen molar-refractivity contribution in [2.75, 3.05) is 5.32 Å². The molecule has 4 bridgehead atoms. The van der Waals surface area contributed by atoms with Gasteiger partial charge >= 0.3 is 0 Å². The highest BCUT2D eigenvalue weighted by molar-refractivity contribution is 5.96. The first-order chi connectivity index (χ1) is 14.7.